The van der Waals surface area contributed by atoms with E-state index in [2.05, 4.69) is 16.7 Å². The quantitative estimate of drug-likeness (QED) is 0.704. The monoisotopic (exact) mass is 252 g/mol. The van der Waals surface area contributed by atoms with Gasteiger partial charge < -0.3 is 4.74 Å². The van der Waals surface area contributed by atoms with Gasteiger partial charge >= 0.3 is 5.97 Å². The highest BCUT2D eigenvalue weighted by molar-refractivity contribution is 5.76. The molecule has 0 bridgehead atoms. The van der Waals surface area contributed by atoms with Crippen LogP contribution in [0.15, 0.2) is 0 Å². The van der Waals surface area contributed by atoms with E-state index in [1.54, 1.807) is 0 Å². The third-order valence-electron chi connectivity index (χ3n) is 4.85. The Morgan fingerprint density at radius 1 is 1.28 bits per heavy atom. The van der Waals surface area contributed by atoms with Gasteiger partial charge in [0.05, 0.1) is 7.11 Å². The number of carbonyl (C=O) groups excluding carboxylic acids is 1. The smallest absolute Gasteiger partial charge is 0.323 e. The maximum Gasteiger partial charge on any atom is 0.323 e. The van der Waals surface area contributed by atoms with Crippen molar-refractivity contribution in [2.75, 3.05) is 26.7 Å². The number of hydrogen-bond donors (Lipinski definition) is 0. The first kappa shape index (κ1) is 12.4. The van der Waals surface area contributed by atoms with Gasteiger partial charge in [-0.1, -0.05) is 0 Å². The van der Waals surface area contributed by atoms with Crippen LogP contribution < -0.4 is 0 Å². The Hall–Kier alpha value is -0.610. The van der Waals surface area contributed by atoms with Crippen molar-refractivity contribution in [3.63, 3.8) is 0 Å². The summed E-state index contributed by atoms with van der Waals surface area (Å²) < 4.78 is 5.03. The van der Waals surface area contributed by atoms with E-state index in [9.17, 15) is 4.79 Å². The Kier molecular flexibility index (Phi) is 3.32. The van der Waals surface area contributed by atoms with Crippen LogP contribution >= 0.6 is 0 Å². The van der Waals surface area contributed by atoms with Gasteiger partial charge in [-0.2, -0.15) is 0 Å². The van der Waals surface area contributed by atoms with Gasteiger partial charge in [0, 0.05) is 25.2 Å². The summed E-state index contributed by atoms with van der Waals surface area (Å²) in [5.74, 6) is 0.531. The molecule has 3 aliphatic rings. The number of nitrogens with zero attached hydrogens (tertiary/aromatic N) is 2. The van der Waals surface area contributed by atoms with E-state index in [0.29, 0.717) is 18.0 Å². The maximum absolute atomic E-state index is 12.1. The average molecular weight is 252 g/mol. The van der Waals surface area contributed by atoms with Crippen LogP contribution in [0.3, 0.4) is 0 Å². The highest BCUT2D eigenvalue weighted by Gasteiger charge is 2.46. The van der Waals surface area contributed by atoms with Crippen molar-refractivity contribution in [3.05, 3.63) is 0 Å². The van der Waals surface area contributed by atoms with Gasteiger partial charge in [-0.15, -0.1) is 0 Å². The molecule has 102 valence electrons. The zero-order valence-corrected chi connectivity index (χ0v) is 11.5. The zero-order valence-electron chi connectivity index (χ0n) is 11.5. The molecule has 0 radical (unpaired) electrons. The van der Waals surface area contributed by atoms with E-state index in [1.165, 1.54) is 39.3 Å². The zero-order chi connectivity index (χ0) is 12.7. The average Bonchev–Trinajstić information content (AvgIpc) is 3.09. The number of ether oxygens (including phenoxy) is 1. The number of piperazine rings is 1. The molecule has 4 heteroatoms. The van der Waals surface area contributed by atoms with Gasteiger partial charge in [-0.25, -0.2) is 0 Å². The molecule has 2 heterocycles. The van der Waals surface area contributed by atoms with Crippen LogP contribution in [-0.4, -0.2) is 60.6 Å². The van der Waals surface area contributed by atoms with Gasteiger partial charge in [0.15, 0.2) is 0 Å². The number of rotatable bonds is 3. The molecule has 3 unspecified atom stereocenters. The van der Waals surface area contributed by atoms with Gasteiger partial charge in [0.25, 0.3) is 0 Å². The topological polar surface area (TPSA) is 32.8 Å². The summed E-state index contributed by atoms with van der Waals surface area (Å²) in [5, 5.41) is 0. The van der Waals surface area contributed by atoms with E-state index in [-0.39, 0.29) is 12.0 Å². The summed E-state index contributed by atoms with van der Waals surface area (Å²) in [6.07, 6.45) is 4.99. The molecule has 3 atom stereocenters. The van der Waals surface area contributed by atoms with Crippen LogP contribution in [0.1, 0.15) is 32.6 Å². The number of esters is 1. The highest BCUT2D eigenvalue weighted by Crippen LogP contribution is 2.38. The molecular weight excluding hydrogens is 228 g/mol. The lowest BCUT2D eigenvalue weighted by Gasteiger charge is -2.45. The molecule has 3 fully saturated rings. The fraction of sp³-hybridized carbons (Fsp3) is 0.929. The van der Waals surface area contributed by atoms with Crippen LogP contribution in [0.4, 0.5) is 0 Å². The van der Waals surface area contributed by atoms with Crippen LogP contribution in [0.25, 0.3) is 0 Å². The van der Waals surface area contributed by atoms with Crippen LogP contribution in [0.5, 0.6) is 0 Å². The SMILES string of the molecule is COC(=O)C(C1CC1)N1CC2CCCN2CC1C. The molecule has 18 heavy (non-hydrogen) atoms. The minimum absolute atomic E-state index is 0.0178. The number of fused-ring (bicyclic) bond motifs is 1. The second-order valence-electron chi connectivity index (χ2n) is 6.14. The van der Waals surface area contributed by atoms with Crippen LogP contribution in [0, 0.1) is 5.92 Å². The lowest BCUT2D eigenvalue weighted by atomic mass is 10.0. The fourth-order valence-electron chi connectivity index (χ4n) is 3.73. The predicted octanol–water partition coefficient (Wildman–Crippen LogP) is 1.11. The first-order chi connectivity index (χ1) is 8.70. The molecule has 1 saturated carbocycles. The molecular formula is C14H24N2O2. The van der Waals surface area contributed by atoms with Crippen molar-refractivity contribution < 1.29 is 9.53 Å². The normalized spacial score (nSPS) is 35.2. The minimum atomic E-state index is -0.0178. The first-order valence-electron chi connectivity index (χ1n) is 7.28. The first-order valence-corrected chi connectivity index (χ1v) is 7.28. The van der Waals surface area contributed by atoms with E-state index < -0.39 is 0 Å². The Bertz CT molecular complexity index is 330. The Morgan fingerprint density at radius 3 is 2.72 bits per heavy atom. The molecule has 0 spiro atoms. The molecule has 0 aromatic carbocycles. The van der Waals surface area contributed by atoms with Crippen molar-refractivity contribution in [1.29, 1.82) is 0 Å². The summed E-state index contributed by atoms with van der Waals surface area (Å²) in [6.45, 7) is 5.67. The maximum atomic E-state index is 12.1. The Morgan fingerprint density at radius 2 is 2.06 bits per heavy atom. The van der Waals surface area contributed by atoms with Crippen LogP contribution in [0.2, 0.25) is 0 Å². The van der Waals surface area contributed by atoms with Gasteiger partial charge in [-0.3, -0.25) is 14.6 Å². The summed E-state index contributed by atoms with van der Waals surface area (Å²) in [6, 6.07) is 1.17. The molecule has 4 nitrogen and oxygen atoms in total. The van der Waals surface area contributed by atoms with E-state index in [1.807, 2.05) is 0 Å². The summed E-state index contributed by atoms with van der Waals surface area (Å²) in [7, 11) is 1.52. The lowest BCUT2D eigenvalue weighted by Crippen LogP contribution is -2.60. The summed E-state index contributed by atoms with van der Waals surface area (Å²) in [4.78, 5) is 17.1. The molecule has 2 aliphatic heterocycles. The molecule has 2 saturated heterocycles. The van der Waals surface area contributed by atoms with Crippen molar-refractivity contribution in [2.24, 2.45) is 5.92 Å². The lowest BCUT2D eigenvalue weighted by molar-refractivity contribution is -0.150. The van der Waals surface area contributed by atoms with Crippen LogP contribution in [-0.2, 0) is 9.53 Å². The molecule has 0 aromatic heterocycles. The van der Waals surface area contributed by atoms with Gasteiger partial charge in [0.1, 0.15) is 6.04 Å². The Balaban J connectivity index is 1.74. The van der Waals surface area contributed by atoms with E-state index >= 15 is 0 Å². The third-order valence-corrected chi connectivity index (χ3v) is 4.85. The van der Waals surface area contributed by atoms with Crippen molar-refractivity contribution in [1.82, 2.24) is 9.80 Å². The minimum Gasteiger partial charge on any atom is -0.468 e. The molecule has 1 aliphatic carbocycles. The van der Waals surface area contributed by atoms with E-state index in [4.69, 9.17) is 4.74 Å². The number of carbonyl (C=O) groups is 1. The number of methoxy groups -OCH3 is 1. The standard InChI is InChI=1S/C14H24N2O2/c1-10-8-15-7-3-4-12(15)9-16(10)13(11-5-6-11)14(17)18-2/h10-13H,3-9H2,1-2H3. The molecule has 0 aromatic rings. The Labute approximate surface area is 109 Å². The number of hydrogen-bond acceptors (Lipinski definition) is 4. The fourth-order valence-corrected chi connectivity index (χ4v) is 3.73. The second kappa shape index (κ2) is 4.82. The van der Waals surface area contributed by atoms with E-state index in [0.717, 1.165) is 13.1 Å². The molecule has 0 N–H and O–H groups in total. The predicted molar refractivity (Wildman–Crippen MR) is 69.3 cm³/mol. The van der Waals surface area contributed by atoms with Crippen molar-refractivity contribution in [2.45, 2.75) is 50.7 Å². The van der Waals surface area contributed by atoms with Gasteiger partial charge in [0.2, 0.25) is 0 Å². The van der Waals surface area contributed by atoms with Crippen molar-refractivity contribution >= 4 is 5.97 Å². The third kappa shape index (κ3) is 2.16. The molecule has 0 amide bonds. The second-order valence-corrected chi connectivity index (χ2v) is 6.14. The summed E-state index contributed by atoms with van der Waals surface area (Å²) in [5.41, 5.74) is 0. The molecule has 3 rings (SSSR count). The highest BCUT2D eigenvalue weighted by atomic mass is 16.5. The largest absolute Gasteiger partial charge is 0.468 e. The summed E-state index contributed by atoms with van der Waals surface area (Å²) >= 11 is 0. The van der Waals surface area contributed by atoms with Gasteiger partial charge in [-0.05, 0) is 45.1 Å². The van der Waals surface area contributed by atoms with Crippen molar-refractivity contribution in [3.8, 4) is 0 Å².